The predicted molar refractivity (Wildman–Crippen MR) is 61.2 cm³/mol. The van der Waals surface area contributed by atoms with Crippen molar-refractivity contribution in [2.75, 3.05) is 7.05 Å². The molecule has 0 atom stereocenters. The Kier molecular flexibility index (Phi) is 1.96. The van der Waals surface area contributed by atoms with Crippen LogP contribution >= 0.6 is 0 Å². The number of rotatable bonds is 2. The Labute approximate surface area is 93.3 Å². The van der Waals surface area contributed by atoms with E-state index in [1.54, 1.807) is 4.90 Å². The van der Waals surface area contributed by atoms with Crippen molar-refractivity contribution in [3.63, 3.8) is 0 Å². The number of nitrogens with one attached hydrogen (secondary N) is 1. The van der Waals surface area contributed by atoms with E-state index in [4.69, 9.17) is 0 Å². The molecule has 1 saturated carbocycles. The molecule has 1 amide bonds. The average Bonchev–Trinajstić information content (AvgIpc) is 3.07. The minimum atomic E-state index is 0.0138. The molecule has 0 saturated heterocycles. The Morgan fingerprint density at radius 1 is 1.44 bits per heavy atom. The maximum atomic E-state index is 12.1. The summed E-state index contributed by atoms with van der Waals surface area (Å²) < 4.78 is 0. The van der Waals surface area contributed by atoms with Crippen molar-refractivity contribution in [3.05, 3.63) is 30.0 Å². The zero-order valence-electron chi connectivity index (χ0n) is 9.10. The number of H-pyrrole nitrogens is 1. The molecule has 3 rings (SSSR count). The van der Waals surface area contributed by atoms with Gasteiger partial charge in [-0.25, -0.2) is 0 Å². The van der Waals surface area contributed by atoms with E-state index < -0.39 is 0 Å². The van der Waals surface area contributed by atoms with Gasteiger partial charge in [0.25, 0.3) is 5.91 Å². The van der Waals surface area contributed by atoms with Crippen LogP contribution in [0.15, 0.2) is 24.3 Å². The van der Waals surface area contributed by atoms with E-state index >= 15 is 0 Å². The highest BCUT2D eigenvalue weighted by Crippen LogP contribution is 2.27. The van der Waals surface area contributed by atoms with E-state index in [1.807, 2.05) is 31.3 Å². The molecule has 0 bridgehead atoms. The minimum Gasteiger partial charge on any atom is -0.337 e. The molecular weight excluding hydrogens is 202 g/mol. The van der Waals surface area contributed by atoms with Crippen molar-refractivity contribution in [2.24, 2.45) is 0 Å². The van der Waals surface area contributed by atoms with Crippen molar-refractivity contribution in [1.82, 2.24) is 15.1 Å². The largest absolute Gasteiger partial charge is 0.337 e. The Hall–Kier alpha value is -1.84. The van der Waals surface area contributed by atoms with Crippen molar-refractivity contribution in [3.8, 4) is 0 Å². The standard InChI is InChI=1S/C12H13N3O/c1-15(8-6-7-8)12(16)11-9-4-2-3-5-10(9)13-14-11/h2-5,8H,6-7H2,1H3,(H,13,14). The molecule has 1 aliphatic carbocycles. The summed E-state index contributed by atoms with van der Waals surface area (Å²) in [4.78, 5) is 13.9. The Bertz CT molecular complexity index is 542. The molecule has 1 N–H and O–H groups in total. The summed E-state index contributed by atoms with van der Waals surface area (Å²) in [6, 6.07) is 8.12. The summed E-state index contributed by atoms with van der Waals surface area (Å²) in [6.07, 6.45) is 2.23. The van der Waals surface area contributed by atoms with Crippen LogP contribution in [0.3, 0.4) is 0 Å². The second-order valence-corrected chi connectivity index (χ2v) is 4.27. The van der Waals surface area contributed by atoms with Gasteiger partial charge in [0.15, 0.2) is 5.69 Å². The van der Waals surface area contributed by atoms with Crippen molar-refractivity contribution < 1.29 is 4.79 Å². The lowest BCUT2D eigenvalue weighted by Gasteiger charge is -2.14. The quantitative estimate of drug-likeness (QED) is 0.830. The van der Waals surface area contributed by atoms with Gasteiger partial charge in [0, 0.05) is 18.5 Å². The van der Waals surface area contributed by atoms with Crippen LogP contribution in [0, 0.1) is 0 Å². The first kappa shape index (κ1) is 9.39. The lowest BCUT2D eigenvalue weighted by atomic mass is 10.2. The normalized spacial score (nSPS) is 15.3. The molecular formula is C12H13N3O. The number of amides is 1. The third kappa shape index (κ3) is 1.38. The van der Waals surface area contributed by atoms with Crippen LogP contribution in [0.5, 0.6) is 0 Å². The molecule has 1 aromatic heterocycles. The van der Waals surface area contributed by atoms with Gasteiger partial charge in [-0.3, -0.25) is 9.89 Å². The molecule has 4 nitrogen and oxygen atoms in total. The van der Waals surface area contributed by atoms with Gasteiger partial charge < -0.3 is 4.90 Å². The molecule has 82 valence electrons. The topological polar surface area (TPSA) is 49.0 Å². The van der Waals surface area contributed by atoms with Gasteiger partial charge in [0.1, 0.15) is 0 Å². The van der Waals surface area contributed by atoms with Gasteiger partial charge in [-0.15, -0.1) is 0 Å². The molecule has 0 aliphatic heterocycles. The number of fused-ring (bicyclic) bond motifs is 1. The lowest BCUT2D eigenvalue weighted by molar-refractivity contribution is 0.0781. The van der Waals surface area contributed by atoms with Crippen LogP contribution < -0.4 is 0 Å². The van der Waals surface area contributed by atoms with Gasteiger partial charge in [0.05, 0.1) is 5.52 Å². The molecule has 1 aromatic carbocycles. The number of aromatic nitrogens is 2. The van der Waals surface area contributed by atoms with Crippen LogP contribution in [0.4, 0.5) is 0 Å². The number of benzene rings is 1. The van der Waals surface area contributed by atoms with Gasteiger partial charge in [0.2, 0.25) is 0 Å². The van der Waals surface area contributed by atoms with Crippen molar-refractivity contribution >= 4 is 16.8 Å². The second-order valence-electron chi connectivity index (χ2n) is 4.27. The molecule has 1 fully saturated rings. The number of aromatic amines is 1. The highest BCUT2D eigenvalue weighted by molar-refractivity contribution is 6.04. The van der Waals surface area contributed by atoms with E-state index in [2.05, 4.69) is 10.2 Å². The summed E-state index contributed by atoms with van der Waals surface area (Å²) >= 11 is 0. The third-order valence-corrected chi connectivity index (χ3v) is 3.09. The van der Waals surface area contributed by atoms with E-state index in [9.17, 15) is 4.79 Å². The van der Waals surface area contributed by atoms with Crippen LogP contribution in [0.2, 0.25) is 0 Å². The van der Waals surface area contributed by atoms with E-state index in [-0.39, 0.29) is 5.91 Å². The SMILES string of the molecule is CN(C(=O)c1n[nH]c2ccccc12)C1CC1. The molecule has 0 radical (unpaired) electrons. The van der Waals surface area contributed by atoms with Crippen LogP contribution in [0.1, 0.15) is 23.3 Å². The summed E-state index contributed by atoms with van der Waals surface area (Å²) in [7, 11) is 1.85. The maximum Gasteiger partial charge on any atom is 0.274 e. The Balaban J connectivity index is 2.01. The van der Waals surface area contributed by atoms with Gasteiger partial charge in [-0.05, 0) is 18.9 Å². The number of carbonyl (C=O) groups is 1. The summed E-state index contributed by atoms with van der Waals surface area (Å²) in [6.45, 7) is 0. The molecule has 0 spiro atoms. The van der Waals surface area contributed by atoms with Crippen LogP contribution in [-0.2, 0) is 0 Å². The van der Waals surface area contributed by atoms with E-state index in [1.165, 1.54) is 0 Å². The number of nitrogens with zero attached hydrogens (tertiary/aromatic N) is 2. The highest BCUT2D eigenvalue weighted by atomic mass is 16.2. The molecule has 2 aromatic rings. The number of hydrogen-bond donors (Lipinski definition) is 1. The van der Waals surface area contributed by atoms with Gasteiger partial charge in [-0.1, -0.05) is 18.2 Å². The van der Waals surface area contributed by atoms with Gasteiger partial charge in [-0.2, -0.15) is 5.10 Å². The fourth-order valence-electron chi connectivity index (χ4n) is 1.92. The van der Waals surface area contributed by atoms with Crippen molar-refractivity contribution in [1.29, 1.82) is 0 Å². The predicted octanol–water partition coefficient (Wildman–Crippen LogP) is 1.80. The molecule has 1 heterocycles. The first-order valence-corrected chi connectivity index (χ1v) is 5.47. The van der Waals surface area contributed by atoms with Crippen molar-refractivity contribution in [2.45, 2.75) is 18.9 Å². The second kappa shape index (κ2) is 3.33. The third-order valence-electron chi connectivity index (χ3n) is 3.09. The summed E-state index contributed by atoms with van der Waals surface area (Å²) in [5, 5.41) is 7.90. The first-order chi connectivity index (χ1) is 7.77. The Morgan fingerprint density at radius 3 is 2.94 bits per heavy atom. The maximum absolute atomic E-state index is 12.1. The van der Waals surface area contributed by atoms with E-state index in [0.717, 1.165) is 23.7 Å². The monoisotopic (exact) mass is 215 g/mol. The highest BCUT2D eigenvalue weighted by Gasteiger charge is 2.31. The molecule has 4 heteroatoms. The number of para-hydroxylation sites is 1. The summed E-state index contributed by atoms with van der Waals surface area (Å²) in [5.74, 6) is 0.0138. The molecule has 0 unspecified atom stereocenters. The lowest BCUT2D eigenvalue weighted by Crippen LogP contribution is -2.29. The first-order valence-electron chi connectivity index (χ1n) is 5.47. The zero-order chi connectivity index (χ0) is 11.1. The smallest absolute Gasteiger partial charge is 0.274 e. The average molecular weight is 215 g/mol. The number of carbonyl (C=O) groups excluding carboxylic acids is 1. The molecule has 1 aliphatic rings. The summed E-state index contributed by atoms with van der Waals surface area (Å²) in [5.41, 5.74) is 1.44. The fourth-order valence-corrected chi connectivity index (χ4v) is 1.92. The van der Waals surface area contributed by atoms with Gasteiger partial charge >= 0.3 is 0 Å². The number of hydrogen-bond acceptors (Lipinski definition) is 2. The van der Waals surface area contributed by atoms with Crippen LogP contribution in [-0.4, -0.2) is 34.1 Å². The van der Waals surface area contributed by atoms with Crippen LogP contribution in [0.25, 0.3) is 10.9 Å². The molecule has 16 heavy (non-hydrogen) atoms. The minimum absolute atomic E-state index is 0.0138. The van der Waals surface area contributed by atoms with E-state index in [0.29, 0.717) is 11.7 Å². The zero-order valence-corrected chi connectivity index (χ0v) is 9.10. The Morgan fingerprint density at radius 2 is 2.19 bits per heavy atom. The fraction of sp³-hybridized carbons (Fsp3) is 0.333.